The zero-order valence-corrected chi connectivity index (χ0v) is 16.7. The third-order valence-electron chi connectivity index (χ3n) is 4.60. The van der Waals surface area contributed by atoms with Crippen molar-refractivity contribution in [3.8, 4) is 5.69 Å². The van der Waals surface area contributed by atoms with Crippen molar-refractivity contribution < 1.29 is 13.2 Å². The smallest absolute Gasteiger partial charge is 0.229 e. The molecule has 28 heavy (non-hydrogen) atoms. The quantitative estimate of drug-likeness (QED) is 0.707. The maximum absolute atomic E-state index is 12.6. The highest BCUT2D eigenvalue weighted by molar-refractivity contribution is 7.90. The Kier molecular flexibility index (Phi) is 4.72. The van der Waals surface area contributed by atoms with Crippen LogP contribution in [0.3, 0.4) is 0 Å². The Morgan fingerprint density at radius 3 is 2.46 bits per heavy atom. The van der Waals surface area contributed by atoms with Crippen molar-refractivity contribution in [3.05, 3.63) is 75.9 Å². The van der Waals surface area contributed by atoms with E-state index >= 15 is 0 Å². The van der Waals surface area contributed by atoms with E-state index in [4.69, 9.17) is 11.6 Å². The molecule has 2 aromatic carbocycles. The third kappa shape index (κ3) is 3.81. The first-order chi connectivity index (χ1) is 13.3. The summed E-state index contributed by atoms with van der Waals surface area (Å²) in [6.45, 7) is 1.98. The van der Waals surface area contributed by atoms with Gasteiger partial charge in [-0.25, -0.2) is 13.1 Å². The summed E-state index contributed by atoms with van der Waals surface area (Å²) in [5.41, 5.74) is 3.72. The van der Waals surface area contributed by atoms with E-state index in [0.29, 0.717) is 22.1 Å². The Morgan fingerprint density at radius 1 is 1.11 bits per heavy atom. The van der Waals surface area contributed by atoms with Crippen LogP contribution in [0, 0.1) is 6.92 Å². The molecular weight excluding hydrogens is 398 g/mol. The van der Waals surface area contributed by atoms with Gasteiger partial charge in [-0.05, 0) is 36.8 Å². The fourth-order valence-corrected chi connectivity index (χ4v) is 4.83. The number of anilines is 1. The van der Waals surface area contributed by atoms with Crippen molar-refractivity contribution >= 4 is 33.2 Å². The summed E-state index contributed by atoms with van der Waals surface area (Å²) in [5.74, 6) is -0.0620. The molecule has 0 aliphatic carbocycles. The highest BCUT2D eigenvalue weighted by atomic mass is 35.5. The number of hydrogen-bond acceptors (Lipinski definition) is 4. The van der Waals surface area contributed by atoms with Gasteiger partial charge in [0.25, 0.3) is 0 Å². The zero-order chi connectivity index (χ0) is 19.9. The minimum Gasteiger partial charge on any atom is -0.310 e. The van der Waals surface area contributed by atoms with Gasteiger partial charge in [-0.1, -0.05) is 41.4 Å². The molecule has 8 heteroatoms. The number of rotatable bonds is 4. The molecule has 1 aromatic heterocycles. The van der Waals surface area contributed by atoms with E-state index in [1.807, 2.05) is 31.2 Å². The third-order valence-corrected chi connectivity index (χ3v) is 6.30. The summed E-state index contributed by atoms with van der Waals surface area (Å²) in [6.07, 6.45) is 0.151. The van der Waals surface area contributed by atoms with Crippen molar-refractivity contribution in [2.45, 2.75) is 24.9 Å². The van der Waals surface area contributed by atoms with Crippen LogP contribution in [0.2, 0.25) is 5.02 Å². The van der Waals surface area contributed by atoms with E-state index < -0.39 is 9.84 Å². The molecule has 1 N–H and O–H groups in total. The molecule has 0 atom stereocenters. The average molecular weight is 416 g/mol. The molecule has 1 amide bonds. The van der Waals surface area contributed by atoms with Crippen molar-refractivity contribution in [1.29, 1.82) is 0 Å². The monoisotopic (exact) mass is 415 g/mol. The molecule has 0 radical (unpaired) electrons. The van der Waals surface area contributed by atoms with Crippen molar-refractivity contribution in [3.63, 3.8) is 0 Å². The Morgan fingerprint density at radius 2 is 1.79 bits per heavy atom. The van der Waals surface area contributed by atoms with Crippen LogP contribution in [0.5, 0.6) is 0 Å². The van der Waals surface area contributed by atoms with Gasteiger partial charge in [-0.15, -0.1) is 0 Å². The number of halogens is 1. The second-order valence-electron chi connectivity index (χ2n) is 6.90. The van der Waals surface area contributed by atoms with Crippen molar-refractivity contribution in [1.82, 2.24) is 9.78 Å². The molecule has 144 valence electrons. The number of benzene rings is 2. The molecule has 1 aliphatic heterocycles. The van der Waals surface area contributed by atoms with Crippen LogP contribution in [-0.4, -0.2) is 24.1 Å². The van der Waals surface area contributed by atoms with E-state index in [1.54, 1.807) is 28.9 Å². The number of aromatic nitrogens is 2. The molecular formula is C20H18ClN3O3S. The highest BCUT2D eigenvalue weighted by Gasteiger charge is 2.33. The minimum absolute atomic E-state index is 0.110. The van der Waals surface area contributed by atoms with E-state index in [9.17, 15) is 13.2 Å². The van der Waals surface area contributed by atoms with Gasteiger partial charge in [0.05, 0.1) is 29.3 Å². The molecule has 3 aromatic rings. The molecule has 2 heterocycles. The lowest BCUT2D eigenvalue weighted by atomic mass is 10.1. The Labute approximate surface area is 168 Å². The highest BCUT2D eigenvalue weighted by Crippen LogP contribution is 2.33. The van der Waals surface area contributed by atoms with Crippen LogP contribution in [0.15, 0.2) is 48.5 Å². The van der Waals surface area contributed by atoms with Crippen LogP contribution in [0.25, 0.3) is 5.69 Å². The first-order valence-electron chi connectivity index (χ1n) is 8.73. The number of amides is 1. The lowest BCUT2D eigenvalue weighted by molar-refractivity contribution is -0.115. The van der Waals surface area contributed by atoms with Gasteiger partial charge in [0.1, 0.15) is 5.82 Å². The standard InChI is InChI=1S/C20H18ClN3O3S/c1-13-2-8-16(9-3-13)24-20(17-11-28(26,27)12-18(17)23-24)22-19(25)10-14-4-6-15(21)7-5-14/h2-9H,10-12H2,1H3,(H,22,25). The molecule has 6 nitrogen and oxygen atoms in total. The number of sulfone groups is 1. The molecule has 0 fully saturated rings. The maximum atomic E-state index is 12.6. The summed E-state index contributed by atoms with van der Waals surface area (Å²) in [6, 6.07) is 14.7. The molecule has 0 spiro atoms. The largest absolute Gasteiger partial charge is 0.310 e. The summed E-state index contributed by atoms with van der Waals surface area (Å²) < 4.78 is 25.7. The molecule has 0 unspecified atom stereocenters. The van der Waals surface area contributed by atoms with Gasteiger partial charge in [-0.2, -0.15) is 5.10 Å². The van der Waals surface area contributed by atoms with Crippen molar-refractivity contribution in [2.75, 3.05) is 5.32 Å². The first kappa shape index (κ1) is 18.7. The summed E-state index contributed by atoms with van der Waals surface area (Å²) in [5, 5.41) is 7.93. The van der Waals surface area contributed by atoms with Crippen LogP contribution in [0.1, 0.15) is 22.4 Å². The van der Waals surface area contributed by atoms with Gasteiger partial charge in [0.2, 0.25) is 5.91 Å². The summed E-state index contributed by atoms with van der Waals surface area (Å²) in [4.78, 5) is 12.6. The minimum atomic E-state index is -3.23. The van der Waals surface area contributed by atoms with Crippen LogP contribution < -0.4 is 5.32 Å². The number of hydrogen-bond donors (Lipinski definition) is 1. The zero-order valence-electron chi connectivity index (χ0n) is 15.1. The summed E-state index contributed by atoms with van der Waals surface area (Å²) >= 11 is 5.88. The second-order valence-corrected chi connectivity index (χ2v) is 9.41. The lowest BCUT2D eigenvalue weighted by Crippen LogP contribution is -2.18. The number of aryl methyl sites for hydroxylation is 1. The van der Waals surface area contributed by atoms with Gasteiger partial charge < -0.3 is 5.32 Å². The number of nitrogens with one attached hydrogen (secondary N) is 1. The topological polar surface area (TPSA) is 81.1 Å². The number of carbonyl (C=O) groups excluding carboxylic acids is 1. The number of fused-ring (bicyclic) bond motifs is 1. The fourth-order valence-electron chi connectivity index (χ4n) is 3.21. The maximum Gasteiger partial charge on any atom is 0.229 e. The average Bonchev–Trinajstić information content (AvgIpc) is 3.10. The Bertz CT molecular complexity index is 1150. The van der Waals surface area contributed by atoms with Gasteiger partial charge in [0.15, 0.2) is 9.84 Å². The van der Waals surface area contributed by atoms with E-state index in [1.165, 1.54) is 0 Å². The molecule has 1 aliphatic rings. The van der Waals surface area contributed by atoms with Crippen molar-refractivity contribution in [2.24, 2.45) is 0 Å². The van der Waals surface area contributed by atoms with Gasteiger partial charge in [0, 0.05) is 10.6 Å². The summed E-state index contributed by atoms with van der Waals surface area (Å²) in [7, 11) is -3.23. The predicted molar refractivity (Wildman–Crippen MR) is 108 cm³/mol. The van der Waals surface area contributed by atoms with Crippen LogP contribution in [-0.2, 0) is 32.6 Å². The van der Waals surface area contributed by atoms with E-state index in [0.717, 1.165) is 16.8 Å². The normalized spacial score (nSPS) is 14.6. The molecule has 0 bridgehead atoms. The molecule has 4 rings (SSSR count). The Hall–Kier alpha value is -2.64. The number of nitrogens with zero attached hydrogens (tertiary/aromatic N) is 2. The lowest BCUT2D eigenvalue weighted by Gasteiger charge is -2.11. The van der Waals surface area contributed by atoms with Crippen LogP contribution in [0.4, 0.5) is 5.82 Å². The van der Waals surface area contributed by atoms with E-state index in [-0.39, 0.29) is 23.8 Å². The fraction of sp³-hybridized carbons (Fsp3) is 0.200. The Balaban J connectivity index is 1.67. The molecule has 0 saturated carbocycles. The SMILES string of the molecule is Cc1ccc(-n2nc3c(c2NC(=O)Cc2ccc(Cl)cc2)CS(=O)(=O)C3)cc1. The first-order valence-corrected chi connectivity index (χ1v) is 10.9. The van der Waals surface area contributed by atoms with Gasteiger partial charge >= 0.3 is 0 Å². The van der Waals surface area contributed by atoms with Gasteiger partial charge in [-0.3, -0.25) is 4.79 Å². The number of carbonyl (C=O) groups is 1. The second kappa shape index (κ2) is 7.07. The predicted octanol–water partition coefficient (Wildman–Crippen LogP) is 3.44. The van der Waals surface area contributed by atoms with E-state index in [2.05, 4.69) is 10.4 Å². The molecule has 0 saturated heterocycles. The van der Waals surface area contributed by atoms with Crippen LogP contribution >= 0.6 is 11.6 Å².